The lowest BCUT2D eigenvalue weighted by Crippen LogP contribution is -1.91. The van der Waals surface area contributed by atoms with Crippen molar-refractivity contribution in [3.05, 3.63) is 54.6 Å². The van der Waals surface area contributed by atoms with E-state index in [-0.39, 0.29) is 5.38 Å². The van der Waals surface area contributed by atoms with Gasteiger partial charge in [0.05, 0.1) is 5.38 Å². The van der Waals surface area contributed by atoms with Crippen LogP contribution in [0.4, 0.5) is 0 Å². The summed E-state index contributed by atoms with van der Waals surface area (Å²) in [6, 6.07) is 7.33. The molecular weight excluding hydrogens is 350 g/mol. The molecule has 84 valence electrons. The van der Waals surface area contributed by atoms with Crippen molar-refractivity contribution >= 4 is 62.1 Å². The van der Waals surface area contributed by atoms with Crippen molar-refractivity contribution in [2.75, 3.05) is 0 Å². The van der Waals surface area contributed by atoms with Gasteiger partial charge in [0.15, 0.2) is 0 Å². The van der Waals surface area contributed by atoms with Crippen molar-refractivity contribution in [3.8, 4) is 0 Å². The Morgan fingerprint density at radius 3 is 2.25 bits per heavy atom. The number of hydrogen-bond donors (Lipinski definition) is 0. The molecule has 16 heavy (non-hydrogen) atoms. The molecule has 1 unspecified atom stereocenters. The van der Waals surface area contributed by atoms with E-state index in [2.05, 4.69) is 15.9 Å². The van der Waals surface area contributed by atoms with Gasteiger partial charge in [0.25, 0.3) is 0 Å². The number of rotatable bonds is 2. The highest BCUT2D eigenvalue weighted by atomic mass is 79.9. The highest BCUT2D eigenvalue weighted by molar-refractivity contribution is 9.10. The fourth-order valence-electron chi connectivity index (χ4n) is 1.36. The van der Waals surface area contributed by atoms with Crippen LogP contribution in [0, 0.1) is 0 Å². The predicted octanol–water partition coefficient (Wildman–Crippen LogP) is 6.15. The van der Waals surface area contributed by atoms with E-state index in [9.17, 15) is 0 Å². The molecule has 0 saturated heterocycles. The molecule has 0 spiro atoms. The second-order valence-corrected chi connectivity index (χ2v) is 6.31. The molecule has 1 heterocycles. The van der Waals surface area contributed by atoms with Crippen molar-refractivity contribution in [3.63, 3.8) is 0 Å². The van der Waals surface area contributed by atoms with Gasteiger partial charge in [0.1, 0.15) is 0 Å². The van der Waals surface area contributed by atoms with Crippen molar-refractivity contribution in [1.82, 2.24) is 0 Å². The first-order valence-corrected chi connectivity index (χ1v) is 7.27. The summed E-state index contributed by atoms with van der Waals surface area (Å²) in [6.07, 6.45) is 0. The smallest absolute Gasteiger partial charge is 0.0940 e. The lowest BCUT2D eigenvalue weighted by Gasteiger charge is -2.09. The van der Waals surface area contributed by atoms with Crippen LogP contribution < -0.4 is 0 Å². The Bertz CT molecular complexity index is 489. The van der Waals surface area contributed by atoms with E-state index in [1.165, 1.54) is 0 Å². The fraction of sp³-hybridized carbons (Fsp3) is 0.0909. The van der Waals surface area contributed by atoms with E-state index in [0.29, 0.717) is 10.0 Å². The summed E-state index contributed by atoms with van der Waals surface area (Å²) in [5, 5.41) is 2.95. The summed E-state index contributed by atoms with van der Waals surface area (Å²) in [4.78, 5) is 1.06. The molecule has 0 aliphatic rings. The first kappa shape index (κ1) is 12.7. The van der Waals surface area contributed by atoms with Gasteiger partial charge in [-0.2, -0.15) is 0 Å². The average Bonchev–Trinajstić information content (AvgIpc) is 2.62. The Hall–Kier alpha value is 0.270. The van der Waals surface area contributed by atoms with E-state index < -0.39 is 0 Å². The van der Waals surface area contributed by atoms with Gasteiger partial charge in [-0.15, -0.1) is 22.9 Å². The van der Waals surface area contributed by atoms with Gasteiger partial charge in [-0.1, -0.05) is 23.2 Å². The Balaban J connectivity index is 2.41. The molecule has 0 radical (unpaired) electrons. The topological polar surface area (TPSA) is 0 Å². The maximum absolute atomic E-state index is 6.39. The molecule has 0 N–H and O–H groups in total. The van der Waals surface area contributed by atoms with Crippen LogP contribution in [0.2, 0.25) is 10.0 Å². The molecular formula is C11H6BrCl3S. The summed E-state index contributed by atoms with van der Waals surface area (Å²) in [5.41, 5.74) is 0.905. The zero-order valence-electron chi connectivity index (χ0n) is 7.88. The molecule has 2 rings (SSSR count). The lowest BCUT2D eigenvalue weighted by molar-refractivity contribution is 1.17. The minimum atomic E-state index is -0.231. The van der Waals surface area contributed by atoms with E-state index in [1.54, 1.807) is 17.4 Å². The normalized spacial score (nSPS) is 12.8. The van der Waals surface area contributed by atoms with E-state index >= 15 is 0 Å². The molecule has 0 bridgehead atoms. The molecule has 0 amide bonds. The second kappa shape index (κ2) is 5.28. The van der Waals surface area contributed by atoms with Gasteiger partial charge in [-0.05, 0) is 51.1 Å². The van der Waals surface area contributed by atoms with Crippen molar-refractivity contribution in [1.29, 1.82) is 0 Å². The fourth-order valence-corrected chi connectivity index (χ4v) is 4.04. The Morgan fingerprint density at radius 1 is 1.12 bits per heavy atom. The van der Waals surface area contributed by atoms with E-state index in [1.807, 2.05) is 23.6 Å². The summed E-state index contributed by atoms with van der Waals surface area (Å²) in [7, 11) is 0. The third-order valence-corrected chi connectivity index (χ3v) is 5.02. The predicted molar refractivity (Wildman–Crippen MR) is 76.2 cm³/mol. The van der Waals surface area contributed by atoms with Crippen LogP contribution in [0.25, 0.3) is 0 Å². The van der Waals surface area contributed by atoms with Gasteiger partial charge >= 0.3 is 0 Å². The van der Waals surface area contributed by atoms with E-state index in [4.69, 9.17) is 34.8 Å². The molecule has 1 aromatic carbocycles. The van der Waals surface area contributed by atoms with Crippen molar-refractivity contribution in [2.45, 2.75) is 5.38 Å². The second-order valence-electron chi connectivity index (χ2n) is 3.20. The number of hydrogen-bond acceptors (Lipinski definition) is 1. The van der Waals surface area contributed by atoms with Gasteiger partial charge in [-0.25, -0.2) is 0 Å². The molecule has 0 nitrogen and oxygen atoms in total. The number of benzene rings is 1. The molecule has 0 fully saturated rings. The largest absolute Gasteiger partial charge is 0.146 e. The Labute approximate surface area is 121 Å². The summed E-state index contributed by atoms with van der Waals surface area (Å²) in [6.45, 7) is 0. The lowest BCUT2D eigenvalue weighted by atomic mass is 10.1. The maximum atomic E-state index is 6.39. The van der Waals surface area contributed by atoms with Crippen LogP contribution in [-0.4, -0.2) is 0 Å². The Kier molecular flexibility index (Phi) is 4.20. The highest BCUT2D eigenvalue weighted by Gasteiger charge is 2.16. The third kappa shape index (κ3) is 2.74. The molecule has 1 atom stereocenters. The summed E-state index contributed by atoms with van der Waals surface area (Å²) >= 11 is 23.3. The first-order valence-electron chi connectivity index (χ1n) is 4.41. The number of halogens is 4. The van der Waals surface area contributed by atoms with Crippen LogP contribution in [0.15, 0.2) is 34.1 Å². The van der Waals surface area contributed by atoms with Gasteiger partial charge < -0.3 is 0 Å². The zero-order chi connectivity index (χ0) is 11.7. The molecule has 0 aliphatic carbocycles. The summed E-state index contributed by atoms with van der Waals surface area (Å²) < 4.78 is 1.01. The standard InChI is InChI=1S/C11H6BrCl3S/c12-9-1-2-16-11(9)10(15)6-3-7(13)5-8(14)4-6/h1-5,10H. The van der Waals surface area contributed by atoms with Gasteiger partial charge in [0.2, 0.25) is 0 Å². The molecule has 0 aliphatic heterocycles. The monoisotopic (exact) mass is 354 g/mol. The van der Waals surface area contributed by atoms with Crippen molar-refractivity contribution < 1.29 is 0 Å². The molecule has 1 aromatic heterocycles. The first-order chi connectivity index (χ1) is 7.58. The minimum Gasteiger partial charge on any atom is -0.146 e. The Morgan fingerprint density at radius 2 is 1.75 bits per heavy atom. The number of alkyl halides is 1. The van der Waals surface area contributed by atoms with Crippen LogP contribution in [-0.2, 0) is 0 Å². The molecule has 2 aromatic rings. The summed E-state index contributed by atoms with van der Waals surface area (Å²) in [5.74, 6) is 0. The van der Waals surface area contributed by atoms with Crippen LogP contribution in [0.3, 0.4) is 0 Å². The van der Waals surface area contributed by atoms with Crippen LogP contribution in [0.5, 0.6) is 0 Å². The van der Waals surface area contributed by atoms with Crippen LogP contribution >= 0.6 is 62.1 Å². The maximum Gasteiger partial charge on any atom is 0.0940 e. The minimum absolute atomic E-state index is 0.231. The average molecular weight is 356 g/mol. The van der Waals surface area contributed by atoms with Gasteiger partial charge in [0, 0.05) is 19.4 Å². The zero-order valence-corrected chi connectivity index (χ0v) is 12.6. The van der Waals surface area contributed by atoms with E-state index in [0.717, 1.165) is 14.9 Å². The van der Waals surface area contributed by atoms with Gasteiger partial charge in [-0.3, -0.25) is 0 Å². The molecule has 5 heteroatoms. The van der Waals surface area contributed by atoms with Crippen molar-refractivity contribution in [2.24, 2.45) is 0 Å². The quantitative estimate of drug-likeness (QED) is 0.567. The third-order valence-electron chi connectivity index (χ3n) is 2.05. The molecule has 0 saturated carbocycles. The van der Waals surface area contributed by atoms with Crippen LogP contribution in [0.1, 0.15) is 15.8 Å². The highest BCUT2D eigenvalue weighted by Crippen LogP contribution is 2.39. The number of thiophene rings is 1. The SMILES string of the molecule is Clc1cc(Cl)cc(C(Cl)c2sccc2Br)c1.